The molecule has 2 aliphatic carbocycles. The van der Waals surface area contributed by atoms with Crippen LogP contribution in [0.4, 0.5) is 0 Å². The Bertz CT molecular complexity index is 262. The third-order valence-electron chi connectivity index (χ3n) is 3.57. The van der Waals surface area contributed by atoms with Crippen molar-refractivity contribution in [2.45, 2.75) is 50.5 Å². The van der Waals surface area contributed by atoms with Gasteiger partial charge in [-0.2, -0.15) is 0 Å². The van der Waals surface area contributed by atoms with Gasteiger partial charge < -0.3 is 11.5 Å². The smallest absolute Gasteiger partial charge is 0.0778 e. The zero-order valence-electron chi connectivity index (χ0n) is 8.81. The van der Waals surface area contributed by atoms with Crippen LogP contribution in [0.2, 0.25) is 0 Å². The number of nitrogens with two attached hydrogens (primary N) is 2. The lowest BCUT2D eigenvalue weighted by Gasteiger charge is -2.31. The summed E-state index contributed by atoms with van der Waals surface area (Å²) >= 11 is 0. The van der Waals surface area contributed by atoms with Crippen molar-refractivity contribution in [3.8, 4) is 11.8 Å². The monoisotopic (exact) mass is 192 g/mol. The maximum atomic E-state index is 5.96. The second-order valence-electron chi connectivity index (χ2n) is 4.95. The van der Waals surface area contributed by atoms with Crippen LogP contribution in [0.5, 0.6) is 0 Å². The fourth-order valence-corrected chi connectivity index (χ4v) is 2.13. The summed E-state index contributed by atoms with van der Waals surface area (Å²) in [6.07, 6.45) is 8.39. The van der Waals surface area contributed by atoms with E-state index >= 15 is 0 Å². The molecule has 0 atom stereocenters. The molecule has 0 aromatic heterocycles. The van der Waals surface area contributed by atoms with Crippen LogP contribution in [-0.2, 0) is 0 Å². The minimum absolute atomic E-state index is 0.104. The standard InChI is InChI=1S/C12H20N2/c13-10-11(4-2-1-3-5-11)6-7-12(14)8-9-12/h1-5,8-10,13-14H2. The van der Waals surface area contributed by atoms with Crippen LogP contribution >= 0.6 is 0 Å². The summed E-state index contributed by atoms with van der Waals surface area (Å²) in [6.45, 7) is 0.704. The van der Waals surface area contributed by atoms with E-state index in [0.717, 1.165) is 12.8 Å². The highest BCUT2D eigenvalue weighted by Crippen LogP contribution is 2.36. The Morgan fingerprint density at radius 1 is 0.929 bits per heavy atom. The Balaban J connectivity index is 2.06. The molecule has 2 saturated carbocycles. The van der Waals surface area contributed by atoms with E-state index in [1.807, 2.05) is 0 Å². The highest BCUT2D eigenvalue weighted by molar-refractivity contribution is 5.28. The maximum Gasteiger partial charge on any atom is 0.0778 e. The van der Waals surface area contributed by atoms with Crippen LogP contribution in [0, 0.1) is 17.3 Å². The molecule has 0 heterocycles. The molecule has 2 nitrogen and oxygen atoms in total. The number of hydrogen-bond donors (Lipinski definition) is 2. The zero-order valence-corrected chi connectivity index (χ0v) is 8.81. The van der Waals surface area contributed by atoms with Crippen LogP contribution in [0.3, 0.4) is 0 Å². The molecule has 78 valence electrons. The normalized spacial score (nSPS) is 27.6. The molecular weight excluding hydrogens is 172 g/mol. The second-order valence-corrected chi connectivity index (χ2v) is 4.95. The van der Waals surface area contributed by atoms with Crippen molar-refractivity contribution in [2.75, 3.05) is 6.54 Å². The van der Waals surface area contributed by atoms with Gasteiger partial charge in [0.25, 0.3) is 0 Å². The summed E-state index contributed by atoms with van der Waals surface area (Å²) in [4.78, 5) is 0. The SMILES string of the molecule is NCC1(C#CC2(N)CC2)CCCCC1. The van der Waals surface area contributed by atoms with Crippen molar-refractivity contribution in [2.24, 2.45) is 16.9 Å². The first kappa shape index (κ1) is 10.0. The molecule has 0 saturated heterocycles. The van der Waals surface area contributed by atoms with Gasteiger partial charge in [0.1, 0.15) is 0 Å². The van der Waals surface area contributed by atoms with Gasteiger partial charge in [0.2, 0.25) is 0 Å². The quantitative estimate of drug-likeness (QED) is 0.617. The van der Waals surface area contributed by atoms with Gasteiger partial charge in [0.15, 0.2) is 0 Å². The lowest BCUT2D eigenvalue weighted by molar-refractivity contribution is 0.280. The van der Waals surface area contributed by atoms with E-state index in [4.69, 9.17) is 11.5 Å². The van der Waals surface area contributed by atoms with Crippen molar-refractivity contribution < 1.29 is 0 Å². The van der Waals surface area contributed by atoms with E-state index < -0.39 is 0 Å². The van der Waals surface area contributed by atoms with Crippen LogP contribution in [0.25, 0.3) is 0 Å². The second kappa shape index (κ2) is 3.56. The van der Waals surface area contributed by atoms with Crippen molar-refractivity contribution in [1.82, 2.24) is 0 Å². The van der Waals surface area contributed by atoms with E-state index in [1.165, 1.54) is 32.1 Å². The largest absolute Gasteiger partial charge is 0.329 e. The van der Waals surface area contributed by atoms with Gasteiger partial charge in [0.05, 0.1) is 5.54 Å². The first-order chi connectivity index (χ1) is 6.68. The van der Waals surface area contributed by atoms with Crippen molar-refractivity contribution in [3.05, 3.63) is 0 Å². The predicted octanol–water partition coefficient (Wildman–Crippen LogP) is 1.39. The summed E-state index contributed by atoms with van der Waals surface area (Å²) in [5.41, 5.74) is 11.8. The summed E-state index contributed by atoms with van der Waals surface area (Å²) in [5.74, 6) is 6.63. The highest BCUT2D eigenvalue weighted by atomic mass is 14.8. The van der Waals surface area contributed by atoms with Crippen LogP contribution < -0.4 is 11.5 Å². The van der Waals surface area contributed by atoms with Gasteiger partial charge in [-0.25, -0.2) is 0 Å². The average Bonchev–Trinajstić information content (AvgIpc) is 2.96. The molecule has 0 bridgehead atoms. The zero-order chi connectivity index (χ0) is 10.1. The number of hydrogen-bond acceptors (Lipinski definition) is 2. The molecule has 0 aliphatic heterocycles. The average molecular weight is 192 g/mol. The first-order valence-corrected chi connectivity index (χ1v) is 5.71. The molecule has 2 aliphatic rings. The predicted molar refractivity (Wildman–Crippen MR) is 58.5 cm³/mol. The summed E-state index contributed by atoms with van der Waals surface area (Å²) < 4.78 is 0. The van der Waals surface area contributed by atoms with Crippen molar-refractivity contribution in [3.63, 3.8) is 0 Å². The van der Waals surface area contributed by atoms with Gasteiger partial charge in [-0.05, 0) is 25.7 Å². The highest BCUT2D eigenvalue weighted by Gasteiger charge is 2.37. The molecule has 2 rings (SSSR count). The number of rotatable bonds is 1. The molecule has 0 aromatic rings. The van der Waals surface area contributed by atoms with Crippen molar-refractivity contribution >= 4 is 0 Å². The lowest BCUT2D eigenvalue weighted by atomic mass is 9.74. The van der Waals surface area contributed by atoms with E-state index in [-0.39, 0.29) is 11.0 Å². The van der Waals surface area contributed by atoms with Gasteiger partial charge in [0, 0.05) is 12.0 Å². The minimum atomic E-state index is -0.139. The van der Waals surface area contributed by atoms with Crippen LogP contribution in [0.1, 0.15) is 44.9 Å². The van der Waals surface area contributed by atoms with E-state index in [0.29, 0.717) is 6.54 Å². The van der Waals surface area contributed by atoms with Gasteiger partial charge in [-0.3, -0.25) is 0 Å². The molecule has 2 heteroatoms. The van der Waals surface area contributed by atoms with Crippen LogP contribution in [0.15, 0.2) is 0 Å². The van der Waals surface area contributed by atoms with E-state index in [2.05, 4.69) is 11.8 Å². The van der Waals surface area contributed by atoms with Crippen molar-refractivity contribution in [1.29, 1.82) is 0 Å². The van der Waals surface area contributed by atoms with Gasteiger partial charge >= 0.3 is 0 Å². The molecule has 14 heavy (non-hydrogen) atoms. The molecule has 2 fully saturated rings. The Hall–Kier alpha value is -0.520. The third kappa shape index (κ3) is 2.10. The minimum Gasteiger partial charge on any atom is -0.329 e. The topological polar surface area (TPSA) is 52.0 Å². The molecule has 0 amide bonds. The molecule has 4 N–H and O–H groups in total. The van der Waals surface area contributed by atoms with Gasteiger partial charge in [-0.1, -0.05) is 31.1 Å². The molecule has 0 aromatic carbocycles. The summed E-state index contributed by atoms with van der Waals surface area (Å²) in [6, 6.07) is 0. The fourth-order valence-electron chi connectivity index (χ4n) is 2.13. The first-order valence-electron chi connectivity index (χ1n) is 5.71. The molecule has 0 unspecified atom stereocenters. The Kier molecular flexibility index (Phi) is 2.55. The molecular formula is C12H20N2. The molecule has 0 radical (unpaired) electrons. The van der Waals surface area contributed by atoms with E-state index in [9.17, 15) is 0 Å². The van der Waals surface area contributed by atoms with Gasteiger partial charge in [-0.15, -0.1) is 0 Å². The Morgan fingerprint density at radius 2 is 1.57 bits per heavy atom. The maximum absolute atomic E-state index is 5.96. The summed E-state index contributed by atoms with van der Waals surface area (Å²) in [7, 11) is 0. The lowest BCUT2D eigenvalue weighted by Crippen LogP contribution is -2.32. The Labute approximate surface area is 86.4 Å². The fraction of sp³-hybridized carbons (Fsp3) is 0.833. The molecule has 0 spiro atoms. The van der Waals surface area contributed by atoms with Crippen LogP contribution in [-0.4, -0.2) is 12.1 Å². The summed E-state index contributed by atoms with van der Waals surface area (Å²) in [5, 5.41) is 0. The third-order valence-corrected chi connectivity index (χ3v) is 3.57. The Morgan fingerprint density at radius 3 is 2.07 bits per heavy atom. The van der Waals surface area contributed by atoms with E-state index in [1.54, 1.807) is 0 Å².